The summed E-state index contributed by atoms with van der Waals surface area (Å²) >= 11 is 0. The van der Waals surface area contributed by atoms with E-state index in [-0.39, 0.29) is 17.7 Å². The van der Waals surface area contributed by atoms with Gasteiger partial charge in [-0.2, -0.15) is 10.4 Å². The maximum absolute atomic E-state index is 9.67. The molecule has 0 saturated carbocycles. The number of hydrogen-bond acceptors (Lipinski definition) is 5. The number of nitriles is 1. The van der Waals surface area contributed by atoms with Gasteiger partial charge in [0.05, 0.1) is 17.2 Å². The van der Waals surface area contributed by atoms with E-state index >= 15 is 0 Å². The third-order valence-electron chi connectivity index (χ3n) is 5.00. The maximum Gasteiger partial charge on any atom is 0.226 e. The van der Waals surface area contributed by atoms with Crippen LogP contribution in [0.25, 0.3) is 0 Å². The summed E-state index contributed by atoms with van der Waals surface area (Å²) < 4.78 is 5.55. The standard InChI is InChI=1S/C18H20N4O/c1-8-6-9(2)11(4)14(10(8)3)16-13(7-19)17(20)23-18-15(16)12(5)21-22-18/h6,15-16H,20H2,1-5H3/t15-,16+/m0/s1. The zero-order valence-electron chi connectivity index (χ0n) is 14.1. The van der Waals surface area contributed by atoms with Gasteiger partial charge < -0.3 is 10.5 Å². The molecule has 0 bridgehead atoms. The highest BCUT2D eigenvalue weighted by molar-refractivity contribution is 6.08. The Bertz CT molecular complexity index is 813. The molecule has 0 unspecified atom stereocenters. The summed E-state index contributed by atoms with van der Waals surface area (Å²) in [6, 6.07) is 4.43. The molecule has 23 heavy (non-hydrogen) atoms. The first-order valence-corrected chi connectivity index (χ1v) is 7.63. The molecule has 2 atom stereocenters. The van der Waals surface area contributed by atoms with Crippen molar-refractivity contribution in [2.75, 3.05) is 0 Å². The van der Waals surface area contributed by atoms with E-state index in [9.17, 15) is 5.26 Å². The van der Waals surface area contributed by atoms with Crippen LogP contribution in [0.5, 0.6) is 0 Å². The van der Waals surface area contributed by atoms with Crippen LogP contribution in [-0.2, 0) is 4.74 Å². The molecule has 0 fully saturated rings. The first-order valence-electron chi connectivity index (χ1n) is 7.63. The highest BCUT2D eigenvalue weighted by atomic mass is 16.5. The number of fused-ring (bicyclic) bond motifs is 1. The average Bonchev–Trinajstić information content (AvgIpc) is 2.86. The molecule has 1 aromatic rings. The molecule has 2 aliphatic heterocycles. The number of ether oxygens (including phenoxy) is 1. The van der Waals surface area contributed by atoms with Crippen molar-refractivity contribution in [3.05, 3.63) is 45.3 Å². The van der Waals surface area contributed by atoms with Crippen LogP contribution in [0.2, 0.25) is 0 Å². The molecule has 0 aliphatic carbocycles. The molecule has 0 spiro atoms. The molecule has 2 heterocycles. The summed E-state index contributed by atoms with van der Waals surface area (Å²) in [6.07, 6.45) is 0. The van der Waals surface area contributed by atoms with Gasteiger partial charge in [-0.3, -0.25) is 0 Å². The van der Waals surface area contributed by atoms with Gasteiger partial charge in [-0.25, -0.2) is 0 Å². The van der Waals surface area contributed by atoms with Crippen LogP contribution in [-0.4, -0.2) is 11.6 Å². The SMILES string of the molecule is CC1=NN=C2OC(N)=C(C#N)[C@H](c3c(C)c(C)cc(C)c3C)[C@H]12. The molecule has 5 nitrogen and oxygen atoms in total. The van der Waals surface area contributed by atoms with Crippen LogP contribution in [0.1, 0.15) is 40.7 Å². The minimum absolute atomic E-state index is 0.135. The second-order valence-corrected chi connectivity index (χ2v) is 6.30. The van der Waals surface area contributed by atoms with Crippen molar-refractivity contribution in [2.45, 2.75) is 40.5 Å². The first-order chi connectivity index (χ1) is 10.9. The van der Waals surface area contributed by atoms with Gasteiger partial charge in [0.1, 0.15) is 6.07 Å². The van der Waals surface area contributed by atoms with Crippen molar-refractivity contribution in [1.82, 2.24) is 0 Å². The highest BCUT2D eigenvalue weighted by Crippen LogP contribution is 2.44. The molecule has 0 saturated heterocycles. The van der Waals surface area contributed by atoms with Crippen molar-refractivity contribution in [2.24, 2.45) is 21.9 Å². The number of nitrogens with zero attached hydrogens (tertiary/aromatic N) is 3. The Hall–Kier alpha value is -2.61. The predicted molar refractivity (Wildman–Crippen MR) is 90.1 cm³/mol. The Labute approximate surface area is 136 Å². The molecule has 0 radical (unpaired) electrons. The Kier molecular flexibility index (Phi) is 3.48. The summed E-state index contributed by atoms with van der Waals surface area (Å²) in [4.78, 5) is 0. The van der Waals surface area contributed by atoms with Gasteiger partial charge in [0.25, 0.3) is 0 Å². The Balaban J connectivity index is 2.32. The van der Waals surface area contributed by atoms with Crippen LogP contribution < -0.4 is 5.73 Å². The predicted octanol–water partition coefficient (Wildman–Crippen LogP) is 3.13. The summed E-state index contributed by atoms with van der Waals surface area (Å²) in [7, 11) is 0. The van der Waals surface area contributed by atoms with E-state index in [1.165, 1.54) is 22.3 Å². The molecule has 3 rings (SSSR count). The van der Waals surface area contributed by atoms with Gasteiger partial charge in [-0.05, 0) is 62.4 Å². The minimum Gasteiger partial charge on any atom is -0.424 e. The van der Waals surface area contributed by atoms with E-state index in [4.69, 9.17) is 10.5 Å². The largest absolute Gasteiger partial charge is 0.424 e. The zero-order chi connectivity index (χ0) is 16.9. The Morgan fingerprint density at radius 2 is 1.65 bits per heavy atom. The molecule has 2 aliphatic rings. The van der Waals surface area contributed by atoms with E-state index in [1.807, 2.05) is 6.92 Å². The number of nitrogens with two attached hydrogens (primary N) is 1. The number of hydrogen-bond donors (Lipinski definition) is 1. The smallest absolute Gasteiger partial charge is 0.226 e. The summed E-state index contributed by atoms with van der Waals surface area (Å²) in [5.74, 6) is 0.269. The highest BCUT2D eigenvalue weighted by Gasteiger charge is 2.44. The second-order valence-electron chi connectivity index (χ2n) is 6.30. The van der Waals surface area contributed by atoms with Crippen molar-refractivity contribution in [1.29, 1.82) is 5.26 Å². The van der Waals surface area contributed by atoms with E-state index < -0.39 is 0 Å². The summed E-state index contributed by atoms with van der Waals surface area (Å²) in [5.41, 5.74) is 13.2. The molecular formula is C18H20N4O. The van der Waals surface area contributed by atoms with Gasteiger partial charge in [-0.1, -0.05) is 6.07 Å². The molecule has 0 aromatic heterocycles. The number of aryl methyl sites for hydroxylation is 2. The van der Waals surface area contributed by atoms with Gasteiger partial charge in [-0.15, -0.1) is 5.10 Å². The van der Waals surface area contributed by atoms with Gasteiger partial charge in [0.15, 0.2) is 0 Å². The molecule has 1 aromatic carbocycles. The topological polar surface area (TPSA) is 83.8 Å². The van der Waals surface area contributed by atoms with Crippen molar-refractivity contribution < 1.29 is 4.74 Å². The van der Waals surface area contributed by atoms with Crippen LogP contribution in [0, 0.1) is 44.9 Å². The third-order valence-corrected chi connectivity index (χ3v) is 5.00. The lowest BCUT2D eigenvalue weighted by Crippen LogP contribution is -2.36. The molecule has 2 N–H and O–H groups in total. The van der Waals surface area contributed by atoms with Crippen molar-refractivity contribution in [3.63, 3.8) is 0 Å². The van der Waals surface area contributed by atoms with Gasteiger partial charge in [0, 0.05) is 5.92 Å². The Morgan fingerprint density at radius 3 is 2.22 bits per heavy atom. The normalized spacial score (nSPS) is 23.0. The quantitative estimate of drug-likeness (QED) is 0.865. The molecular weight excluding hydrogens is 288 g/mol. The second kappa shape index (κ2) is 5.24. The fourth-order valence-electron chi connectivity index (χ4n) is 3.54. The number of rotatable bonds is 1. The number of allylic oxidation sites excluding steroid dienone is 1. The fraction of sp³-hybridized carbons (Fsp3) is 0.389. The molecule has 0 amide bonds. The van der Waals surface area contributed by atoms with E-state index in [1.54, 1.807) is 0 Å². The van der Waals surface area contributed by atoms with E-state index in [0.717, 1.165) is 11.3 Å². The van der Waals surface area contributed by atoms with Gasteiger partial charge >= 0.3 is 0 Å². The lowest BCUT2D eigenvalue weighted by atomic mass is 9.73. The van der Waals surface area contributed by atoms with Crippen molar-refractivity contribution in [3.8, 4) is 6.07 Å². The molecule has 5 heteroatoms. The van der Waals surface area contributed by atoms with Gasteiger partial charge in [0.2, 0.25) is 11.8 Å². The summed E-state index contributed by atoms with van der Waals surface area (Å²) in [5, 5.41) is 17.9. The molecule has 118 valence electrons. The van der Waals surface area contributed by atoms with E-state index in [2.05, 4.69) is 50.0 Å². The van der Waals surface area contributed by atoms with Crippen LogP contribution in [0.4, 0.5) is 0 Å². The maximum atomic E-state index is 9.67. The lowest BCUT2D eigenvalue weighted by Gasteiger charge is -2.32. The Morgan fingerprint density at radius 1 is 1.04 bits per heavy atom. The van der Waals surface area contributed by atoms with Crippen molar-refractivity contribution >= 4 is 11.6 Å². The van der Waals surface area contributed by atoms with Crippen LogP contribution in [0.15, 0.2) is 27.7 Å². The summed E-state index contributed by atoms with van der Waals surface area (Å²) in [6.45, 7) is 10.3. The monoisotopic (exact) mass is 308 g/mol. The fourth-order valence-corrected chi connectivity index (χ4v) is 3.54. The lowest BCUT2D eigenvalue weighted by molar-refractivity contribution is 0.352. The first kappa shape index (κ1) is 15.3. The minimum atomic E-state index is -0.197. The van der Waals surface area contributed by atoms with Crippen LogP contribution in [0.3, 0.4) is 0 Å². The average molecular weight is 308 g/mol. The zero-order valence-corrected chi connectivity index (χ0v) is 14.1. The number of benzene rings is 1. The third kappa shape index (κ3) is 2.14. The van der Waals surface area contributed by atoms with E-state index in [0.29, 0.717) is 11.5 Å². The van der Waals surface area contributed by atoms with Crippen LogP contribution >= 0.6 is 0 Å².